The van der Waals surface area contributed by atoms with Crippen LogP contribution < -0.4 is 9.47 Å². The molecule has 1 aliphatic heterocycles. The average Bonchev–Trinajstić information content (AvgIpc) is 2.53. The molecule has 0 saturated carbocycles. The van der Waals surface area contributed by atoms with Crippen molar-refractivity contribution in [3.05, 3.63) is 59.4 Å². The minimum absolute atomic E-state index is 0.346. The highest BCUT2D eigenvalue weighted by Crippen LogP contribution is 2.32. The lowest BCUT2D eigenvalue weighted by molar-refractivity contribution is 0.171. The van der Waals surface area contributed by atoms with Gasteiger partial charge in [-0.1, -0.05) is 24.3 Å². The predicted octanol–water partition coefficient (Wildman–Crippen LogP) is 3.45. The minimum Gasteiger partial charge on any atom is -0.486 e. The minimum atomic E-state index is -0.520. The molecule has 0 saturated heterocycles. The summed E-state index contributed by atoms with van der Waals surface area (Å²) >= 11 is 0. The number of hydrogen-bond acceptors (Lipinski definition) is 3. The standard InChI is InChI=1S/C17H14FNO2/c18-15-4-2-1-3-14(15)13(11-19)9-12-5-6-16-17(10-12)21-8-7-20-16/h1-6,10,13H,7-9H2. The highest BCUT2D eigenvalue weighted by atomic mass is 19.1. The Morgan fingerprint density at radius 1 is 1.10 bits per heavy atom. The Morgan fingerprint density at radius 3 is 2.62 bits per heavy atom. The lowest BCUT2D eigenvalue weighted by Crippen LogP contribution is -2.15. The first kappa shape index (κ1) is 13.4. The van der Waals surface area contributed by atoms with Crippen LogP contribution in [0.5, 0.6) is 11.5 Å². The van der Waals surface area contributed by atoms with Gasteiger partial charge in [0.05, 0.1) is 12.0 Å². The lowest BCUT2D eigenvalue weighted by atomic mass is 9.92. The van der Waals surface area contributed by atoms with Crippen molar-refractivity contribution in [3.8, 4) is 17.6 Å². The Hall–Kier alpha value is -2.54. The zero-order valence-electron chi connectivity index (χ0n) is 11.4. The Labute approximate surface area is 122 Å². The van der Waals surface area contributed by atoms with Crippen molar-refractivity contribution in [2.45, 2.75) is 12.3 Å². The van der Waals surface area contributed by atoms with Gasteiger partial charge in [-0.3, -0.25) is 0 Å². The molecule has 106 valence electrons. The fourth-order valence-corrected chi connectivity index (χ4v) is 2.43. The smallest absolute Gasteiger partial charge is 0.161 e. The van der Waals surface area contributed by atoms with Gasteiger partial charge >= 0.3 is 0 Å². The first-order valence-corrected chi connectivity index (χ1v) is 6.80. The van der Waals surface area contributed by atoms with Crippen LogP contribution in [0.2, 0.25) is 0 Å². The van der Waals surface area contributed by atoms with Crippen LogP contribution in [0.3, 0.4) is 0 Å². The fourth-order valence-electron chi connectivity index (χ4n) is 2.43. The summed E-state index contributed by atoms with van der Waals surface area (Å²) in [5.74, 6) is 0.531. The molecule has 1 atom stereocenters. The maximum Gasteiger partial charge on any atom is 0.161 e. The molecule has 0 fully saturated rings. The van der Waals surface area contributed by atoms with E-state index in [1.165, 1.54) is 6.07 Å². The van der Waals surface area contributed by atoms with E-state index in [2.05, 4.69) is 6.07 Å². The van der Waals surface area contributed by atoms with E-state index in [1.54, 1.807) is 18.2 Å². The van der Waals surface area contributed by atoms with E-state index in [-0.39, 0.29) is 5.82 Å². The van der Waals surface area contributed by atoms with Crippen LogP contribution in [-0.4, -0.2) is 13.2 Å². The summed E-state index contributed by atoms with van der Waals surface area (Å²) in [7, 11) is 0. The molecule has 3 rings (SSSR count). The number of benzene rings is 2. The van der Waals surface area contributed by atoms with E-state index in [0.717, 1.165) is 5.56 Å². The maximum absolute atomic E-state index is 13.8. The van der Waals surface area contributed by atoms with E-state index in [4.69, 9.17) is 9.47 Å². The molecule has 0 bridgehead atoms. The number of halogens is 1. The third-order valence-corrected chi connectivity index (χ3v) is 3.48. The van der Waals surface area contributed by atoms with Crippen LogP contribution >= 0.6 is 0 Å². The van der Waals surface area contributed by atoms with E-state index in [0.29, 0.717) is 36.7 Å². The zero-order chi connectivity index (χ0) is 14.7. The van der Waals surface area contributed by atoms with Gasteiger partial charge in [0.25, 0.3) is 0 Å². The van der Waals surface area contributed by atoms with E-state index in [9.17, 15) is 9.65 Å². The Balaban J connectivity index is 1.85. The van der Waals surface area contributed by atoms with Crippen molar-refractivity contribution < 1.29 is 13.9 Å². The number of ether oxygens (including phenoxy) is 2. The lowest BCUT2D eigenvalue weighted by Gasteiger charge is -2.19. The predicted molar refractivity (Wildman–Crippen MR) is 75.9 cm³/mol. The quantitative estimate of drug-likeness (QED) is 0.866. The monoisotopic (exact) mass is 283 g/mol. The first-order valence-electron chi connectivity index (χ1n) is 6.80. The van der Waals surface area contributed by atoms with Gasteiger partial charge in [-0.2, -0.15) is 5.26 Å². The number of nitrogens with zero attached hydrogens (tertiary/aromatic N) is 1. The molecule has 2 aromatic carbocycles. The highest BCUT2D eigenvalue weighted by Gasteiger charge is 2.18. The zero-order valence-corrected chi connectivity index (χ0v) is 11.4. The van der Waals surface area contributed by atoms with Crippen LogP contribution in [0.1, 0.15) is 17.0 Å². The second-order valence-corrected chi connectivity index (χ2v) is 4.89. The SMILES string of the molecule is N#CC(Cc1ccc2c(c1)OCCO2)c1ccccc1F. The molecular formula is C17H14FNO2. The molecule has 1 aliphatic rings. The number of fused-ring (bicyclic) bond motifs is 1. The molecule has 3 nitrogen and oxygen atoms in total. The van der Waals surface area contributed by atoms with Crippen molar-refractivity contribution in [1.29, 1.82) is 5.26 Å². The summed E-state index contributed by atoms with van der Waals surface area (Å²) in [6.45, 7) is 1.06. The summed E-state index contributed by atoms with van der Waals surface area (Å²) in [4.78, 5) is 0. The van der Waals surface area contributed by atoms with Crippen molar-refractivity contribution >= 4 is 0 Å². The van der Waals surface area contributed by atoms with Gasteiger partial charge < -0.3 is 9.47 Å². The van der Waals surface area contributed by atoms with Crippen molar-refractivity contribution in [2.24, 2.45) is 0 Å². The molecule has 0 amide bonds. The third-order valence-electron chi connectivity index (χ3n) is 3.48. The summed E-state index contributed by atoms with van der Waals surface area (Å²) in [5.41, 5.74) is 1.35. The Morgan fingerprint density at radius 2 is 1.86 bits per heavy atom. The van der Waals surface area contributed by atoms with Gasteiger partial charge in [0, 0.05) is 5.56 Å². The second-order valence-electron chi connectivity index (χ2n) is 4.89. The van der Waals surface area contributed by atoms with Gasteiger partial charge in [-0.15, -0.1) is 0 Å². The van der Waals surface area contributed by atoms with Crippen LogP contribution in [-0.2, 0) is 6.42 Å². The van der Waals surface area contributed by atoms with Crippen LogP contribution in [0.15, 0.2) is 42.5 Å². The van der Waals surface area contributed by atoms with E-state index >= 15 is 0 Å². The van der Waals surface area contributed by atoms with Crippen molar-refractivity contribution in [2.75, 3.05) is 13.2 Å². The normalized spacial score (nSPS) is 14.3. The molecular weight excluding hydrogens is 269 g/mol. The van der Waals surface area contributed by atoms with Crippen molar-refractivity contribution in [3.63, 3.8) is 0 Å². The van der Waals surface area contributed by atoms with Gasteiger partial charge in [0.1, 0.15) is 19.0 Å². The number of nitriles is 1. The topological polar surface area (TPSA) is 42.2 Å². The molecule has 1 heterocycles. The summed E-state index contributed by atoms with van der Waals surface area (Å²) in [5, 5.41) is 9.33. The van der Waals surface area contributed by atoms with Crippen molar-refractivity contribution in [1.82, 2.24) is 0 Å². The maximum atomic E-state index is 13.8. The Bertz CT molecular complexity index is 693. The molecule has 21 heavy (non-hydrogen) atoms. The fraction of sp³-hybridized carbons (Fsp3) is 0.235. The van der Waals surface area contributed by atoms with Gasteiger partial charge in [-0.05, 0) is 30.2 Å². The van der Waals surface area contributed by atoms with E-state index in [1.807, 2.05) is 18.2 Å². The Kier molecular flexibility index (Phi) is 3.74. The average molecular weight is 283 g/mol. The van der Waals surface area contributed by atoms with Crippen LogP contribution in [0.4, 0.5) is 4.39 Å². The molecule has 4 heteroatoms. The largest absolute Gasteiger partial charge is 0.486 e. The molecule has 2 aromatic rings. The molecule has 1 unspecified atom stereocenters. The molecule has 0 aliphatic carbocycles. The second kappa shape index (κ2) is 5.84. The van der Waals surface area contributed by atoms with Crippen LogP contribution in [0.25, 0.3) is 0 Å². The van der Waals surface area contributed by atoms with Crippen LogP contribution in [0, 0.1) is 17.1 Å². The van der Waals surface area contributed by atoms with Gasteiger partial charge in [0.2, 0.25) is 0 Å². The summed E-state index contributed by atoms with van der Waals surface area (Å²) in [6.07, 6.45) is 0.439. The summed E-state index contributed by atoms with van der Waals surface area (Å²) in [6, 6.07) is 14.2. The van der Waals surface area contributed by atoms with Gasteiger partial charge in [-0.25, -0.2) is 4.39 Å². The van der Waals surface area contributed by atoms with Gasteiger partial charge in [0.15, 0.2) is 11.5 Å². The van der Waals surface area contributed by atoms with E-state index < -0.39 is 5.92 Å². The molecule has 0 radical (unpaired) electrons. The third kappa shape index (κ3) is 2.82. The number of hydrogen-bond donors (Lipinski definition) is 0. The number of rotatable bonds is 3. The first-order chi connectivity index (χ1) is 10.3. The summed E-state index contributed by atoms with van der Waals surface area (Å²) < 4.78 is 24.8. The molecule has 0 N–H and O–H groups in total. The highest BCUT2D eigenvalue weighted by molar-refractivity contribution is 5.44. The molecule has 0 aromatic heterocycles. The molecule has 0 spiro atoms.